The van der Waals surface area contributed by atoms with Crippen LogP contribution in [0.2, 0.25) is 0 Å². The zero-order valence-corrected chi connectivity index (χ0v) is 15.3. The Balaban J connectivity index is 1.51. The molecule has 7 heteroatoms. The molecule has 0 aliphatic heterocycles. The molecule has 0 unspecified atom stereocenters. The Labute approximate surface area is 148 Å². The highest BCUT2D eigenvalue weighted by Crippen LogP contribution is 2.22. The van der Waals surface area contributed by atoms with Gasteiger partial charge in [-0.25, -0.2) is 0 Å². The molecule has 3 rings (SSSR count). The molecule has 1 amide bonds. The molecule has 2 heterocycles. The third kappa shape index (κ3) is 4.10. The lowest BCUT2D eigenvalue weighted by Crippen LogP contribution is -2.39. The Morgan fingerprint density at radius 1 is 1.40 bits per heavy atom. The second-order valence-corrected chi connectivity index (χ2v) is 6.87. The van der Waals surface area contributed by atoms with Gasteiger partial charge in [-0.2, -0.15) is 5.10 Å². The summed E-state index contributed by atoms with van der Waals surface area (Å²) in [6.07, 6.45) is 8.24. The average Bonchev–Trinajstić information content (AvgIpc) is 3.23. The molecule has 1 aliphatic carbocycles. The van der Waals surface area contributed by atoms with Crippen LogP contribution in [0.1, 0.15) is 48.4 Å². The largest absolute Gasteiger partial charge is 0.350 e. The second kappa shape index (κ2) is 7.82. The van der Waals surface area contributed by atoms with Crippen molar-refractivity contribution >= 4 is 5.91 Å². The molecule has 1 saturated carbocycles. The molecule has 7 nitrogen and oxygen atoms in total. The van der Waals surface area contributed by atoms with Crippen LogP contribution in [-0.4, -0.2) is 51.9 Å². The normalized spacial score (nSPS) is 15.7. The lowest BCUT2D eigenvalue weighted by molar-refractivity contribution is 0.0908. The Bertz CT molecular complexity index is 715. The van der Waals surface area contributed by atoms with Crippen LogP contribution in [-0.2, 0) is 7.05 Å². The maximum absolute atomic E-state index is 12.3. The van der Waals surface area contributed by atoms with Gasteiger partial charge in [0.25, 0.3) is 5.91 Å². The molecule has 2 aromatic rings. The van der Waals surface area contributed by atoms with Gasteiger partial charge in [-0.3, -0.25) is 9.48 Å². The number of hydrogen-bond donors (Lipinski definition) is 1. The van der Waals surface area contributed by atoms with E-state index in [1.807, 2.05) is 14.0 Å². The molecule has 0 aromatic carbocycles. The van der Waals surface area contributed by atoms with E-state index in [1.165, 1.54) is 32.1 Å². The van der Waals surface area contributed by atoms with Crippen LogP contribution in [0.5, 0.6) is 0 Å². The Morgan fingerprint density at radius 2 is 2.16 bits per heavy atom. The van der Waals surface area contributed by atoms with E-state index in [0.717, 1.165) is 17.8 Å². The van der Waals surface area contributed by atoms with Crippen LogP contribution in [0.25, 0.3) is 11.3 Å². The van der Waals surface area contributed by atoms with E-state index in [-0.39, 0.29) is 11.7 Å². The van der Waals surface area contributed by atoms with Crippen molar-refractivity contribution in [3.63, 3.8) is 0 Å². The van der Waals surface area contributed by atoms with Gasteiger partial charge in [-0.05, 0) is 26.8 Å². The van der Waals surface area contributed by atoms with Gasteiger partial charge >= 0.3 is 0 Å². The molecule has 0 radical (unpaired) electrons. The number of amides is 1. The molecule has 0 bridgehead atoms. The smallest absolute Gasteiger partial charge is 0.289 e. The summed E-state index contributed by atoms with van der Waals surface area (Å²) in [4.78, 5) is 14.6. The number of rotatable bonds is 6. The summed E-state index contributed by atoms with van der Waals surface area (Å²) >= 11 is 0. The lowest BCUT2D eigenvalue weighted by Gasteiger charge is -2.31. The van der Waals surface area contributed by atoms with Gasteiger partial charge in [0.05, 0.1) is 6.20 Å². The number of carbonyl (C=O) groups is 1. The predicted molar refractivity (Wildman–Crippen MR) is 95.3 cm³/mol. The minimum atomic E-state index is -0.225. The number of nitrogens with zero attached hydrogens (tertiary/aromatic N) is 4. The zero-order chi connectivity index (χ0) is 17.8. The van der Waals surface area contributed by atoms with Gasteiger partial charge in [0.15, 0.2) is 0 Å². The molecule has 1 fully saturated rings. The van der Waals surface area contributed by atoms with Crippen LogP contribution in [0.3, 0.4) is 0 Å². The highest BCUT2D eigenvalue weighted by molar-refractivity contribution is 5.92. The summed E-state index contributed by atoms with van der Waals surface area (Å²) in [5.74, 6) is 0.0101. The lowest BCUT2D eigenvalue weighted by atomic mass is 9.94. The van der Waals surface area contributed by atoms with Crippen molar-refractivity contribution in [2.75, 3.05) is 20.1 Å². The molecular weight excluding hydrogens is 318 g/mol. The summed E-state index contributed by atoms with van der Waals surface area (Å²) in [5, 5.41) is 11.1. The number of carbonyl (C=O) groups excluding carboxylic acids is 1. The molecule has 0 saturated heterocycles. The van der Waals surface area contributed by atoms with Crippen molar-refractivity contribution < 1.29 is 9.32 Å². The van der Waals surface area contributed by atoms with Crippen molar-refractivity contribution in [1.82, 2.24) is 25.2 Å². The average molecular weight is 345 g/mol. The van der Waals surface area contributed by atoms with Gasteiger partial charge in [-0.1, -0.05) is 24.4 Å². The van der Waals surface area contributed by atoms with Gasteiger partial charge < -0.3 is 14.7 Å². The van der Waals surface area contributed by atoms with Crippen molar-refractivity contribution in [2.45, 2.75) is 45.1 Å². The molecule has 2 aromatic heterocycles. The summed E-state index contributed by atoms with van der Waals surface area (Å²) in [6.45, 7) is 3.41. The number of likely N-dealkylation sites (N-methyl/N-ethyl adjacent to an activating group) is 1. The van der Waals surface area contributed by atoms with Crippen LogP contribution in [0.15, 0.2) is 16.8 Å². The summed E-state index contributed by atoms with van der Waals surface area (Å²) < 4.78 is 6.97. The molecule has 0 atom stereocenters. The van der Waals surface area contributed by atoms with Crippen LogP contribution < -0.4 is 5.32 Å². The van der Waals surface area contributed by atoms with Gasteiger partial charge in [0.1, 0.15) is 5.69 Å². The van der Waals surface area contributed by atoms with E-state index in [0.29, 0.717) is 18.3 Å². The molecule has 0 spiro atoms. The maximum Gasteiger partial charge on any atom is 0.289 e. The Kier molecular flexibility index (Phi) is 5.53. The molecule has 1 N–H and O–H groups in total. The first kappa shape index (κ1) is 17.7. The summed E-state index contributed by atoms with van der Waals surface area (Å²) in [7, 11) is 4.01. The first-order valence-corrected chi connectivity index (χ1v) is 9.00. The first-order valence-electron chi connectivity index (χ1n) is 9.00. The number of nitrogens with one attached hydrogen (secondary N) is 1. The second-order valence-electron chi connectivity index (χ2n) is 6.87. The van der Waals surface area contributed by atoms with E-state index in [1.54, 1.807) is 16.9 Å². The van der Waals surface area contributed by atoms with Gasteiger partial charge in [-0.15, -0.1) is 0 Å². The zero-order valence-electron chi connectivity index (χ0n) is 15.3. The van der Waals surface area contributed by atoms with E-state index in [9.17, 15) is 4.79 Å². The predicted octanol–water partition coefficient (Wildman–Crippen LogP) is 2.38. The number of aromatic nitrogens is 3. The highest BCUT2D eigenvalue weighted by atomic mass is 16.5. The molecule has 136 valence electrons. The monoisotopic (exact) mass is 345 g/mol. The summed E-state index contributed by atoms with van der Waals surface area (Å²) in [5.41, 5.74) is 2.49. The van der Waals surface area contributed by atoms with Crippen molar-refractivity contribution in [2.24, 2.45) is 7.05 Å². The quantitative estimate of drug-likeness (QED) is 0.870. The Morgan fingerprint density at radius 3 is 2.84 bits per heavy atom. The van der Waals surface area contributed by atoms with E-state index >= 15 is 0 Å². The fraction of sp³-hybridized carbons (Fsp3) is 0.611. The number of aryl methyl sites for hydroxylation is 1. The van der Waals surface area contributed by atoms with Crippen LogP contribution in [0.4, 0.5) is 0 Å². The van der Waals surface area contributed by atoms with Crippen molar-refractivity contribution in [3.8, 4) is 11.3 Å². The molecule has 25 heavy (non-hydrogen) atoms. The topological polar surface area (TPSA) is 76.2 Å². The van der Waals surface area contributed by atoms with E-state index in [4.69, 9.17) is 4.52 Å². The Hall–Kier alpha value is -2.15. The molecule has 1 aliphatic rings. The van der Waals surface area contributed by atoms with Gasteiger partial charge in [0.2, 0.25) is 5.76 Å². The third-order valence-electron chi connectivity index (χ3n) is 5.19. The fourth-order valence-electron chi connectivity index (χ4n) is 3.40. The standard InChI is InChI=1S/C18H27N5O2/c1-13-15(12-20-23(13)3)16-11-17(25-21-16)18(24)19-9-10-22(2)14-7-5-4-6-8-14/h11-12,14H,4-10H2,1-3H3,(H,19,24). The fourth-order valence-corrected chi connectivity index (χ4v) is 3.40. The van der Waals surface area contributed by atoms with Crippen molar-refractivity contribution in [1.29, 1.82) is 0 Å². The summed E-state index contributed by atoms with van der Waals surface area (Å²) in [6, 6.07) is 2.32. The third-order valence-corrected chi connectivity index (χ3v) is 5.19. The van der Waals surface area contributed by atoms with Crippen LogP contribution >= 0.6 is 0 Å². The SMILES string of the molecule is Cc1c(-c2cc(C(=O)NCCN(C)C3CCCCC3)on2)cnn1C. The highest BCUT2D eigenvalue weighted by Gasteiger charge is 2.19. The van der Waals surface area contributed by atoms with E-state index in [2.05, 4.69) is 27.5 Å². The van der Waals surface area contributed by atoms with E-state index < -0.39 is 0 Å². The van der Waals surface area contributed by atoms with Crippen LogP contribution in [0, 0.1) is 6.92 Å². The van der Waals surface area contributed by atoms with Crippen molar-refractivity contribution in [3.05, 3.63) is 23.7 Å². The molecular formula is C18H27N5O2. The minimum absolute atomic E-state index is 0.225. The minimum Gasteiger partial charge on any atom is -0.350 e. The first-order chi connectivity index (χ1) is 12.1. The number of hydrogen-bond acceptors (Lipinski definition) is 5. The maximum atomic E-state index is 12.3. The van der Waals surface area contributed by atoms with Gasteiger partial charge in [0, 0.05) is 43.5 Å².